The summed E-state index contributed by atoms with van der Waals surface area (Å²) in [4.78, 5) is 10.3. The molecule has 0 aromatic heterocycles. The van der Waals surface area contributed by atoms with Crippen LogP contribution in [0, 0.1) is 5.82 Å². The first-order valence-corrected chi connectivity index (χ1v) is 4.96. The lowest BCUT2D eigenvalue weighted by atomic mass is 9.86. The third-order valence-electron chi connectivity index (χ3n) is 2.12. The SMILES string of the molecule is CC(C)(C)c1cccc(OCC(=O)O)c1F. The molecule has 0 aliphatic carbocycles. The number of ether oxygens (including phenoxy) is 1. The van der Waals surface area contributed by atoms with Crippen molar-refractivity contribution < 1.29 is 19.0 Å². The van der Waals surface area contributed by atoms with E-state index in [2.05, 4.69) is 0 Å². The number of hydrogen-bond donors (Lipinski definition) is 1. The van der Waals surface area contributed by atoms with E-state index in [1.165, 1.54) is 6.07 Å². The van der Waals surface area contributed by atoms with E-state index in [1.54, 1.807) is 12.1 Å². The highest BCUT2D eigenvalue weighted by Crippen LogP contribution is 2.30. The van der Waals surface area contributed by atoms with Gasteiger partial charge >= 0.3 is 5.97 Å². The third-order valence-corrected chi connectivity index (χ3v) is 2.12. The van der Waals surface area contributed by atoms with Crippen LogP contribution in [0.25, 0.3) is 0 Å². The number of hydrogen-bond acceptors (Lipinski definition) is 2. The van der Waals surface area contributed by atoms with E-state index >= 15 is 0 Å². The molecule has 0 bridgehead atoms. The summed E-state index contributed by atoms with van der Waals surface area (Å²) < 4.78 is 18.8. The Labute approximate surface area is 93.9 Å². The van der Waals surface area contributed by atoms with Crippen LogP contribution < -0.4 is 4.74 Å². The van der Waals surface area contributed by atoms with Crippen LogP contribution >= 0.6 is 0 Å². The zero-order valence-electron chi connectivity index (χ0n) is 9.58. The van der Waals surface area contributed by atoms with Gasteiger partial charge < -0.3 is 9.84 Å². The van der Waals surface area contributed by atoms with Crippen LogP contribution in [0.15, 0.2) is 18.2 Å². The number of halogens is 1. The summed E-state index contributed by atoms with van der Waals surface area (Å²) in [6.45, 7) is 5.11. The average molecular weight is 226 g/mol. The number of carboxylic acids is 1. The molecule has 3 nitrogen and oxygen atoms in total. The molecule has 0 spiro atoms. The molecule has 0 saturated heterocycles. The van der Waals surface area contributed by atoms with Gasteiger partial charge in [-0.1, -0.05) is 32.9 Å². The second kappa shape index (κ2) is 4.51. The summed E-state index contributed by atoms with van der Waals surface area (Å²) in [7, 11) is 0. The van der Waals surface area contributed by atoms with Gasteiger partial charge in [0.2, 0.25) is 0 Å². The van der Waals surface area contributed by atoms with Crippen LogP contribution in [0.2, 0.25) is 0 Å². The van der Waals surface area contributed by atoms with Crippen molar-refractivity contribution in [3.8, 4) is 5.75 Å². The number of carbonyl (C=O) groups is 1. The van der Waals surface area contributed by atoms with Crippen molar-refractivity contribution in [3.63, 3.8) is 0 Å². The predicted octanol–water partition coefficient (Wildman–Crippen LogP) is 2.59. The van der Waals surface area contributed by atoms with Crippen molar-refractivity contribution in [3.05, 3.63) is 29.6 Å². The second-order valence-electron chi connectivity index (χ2n) is 4.55. The Kier molecular flexibility index (Phi) is 3.52. The summed E-state index contributed by atoms with van der Waals surface area (Å²) in [6.07, 6.45) is 0. The molecule has 0 atom stereocenters. The fourth-order valence-corrected chi connectivity index (χ4v) is 1.34. The molecule has 0 radical (unpaired) electrons. The third kappa shape index (κ3) is 2.95. The number of rotatable bonds is 3. The lowest BCUT2D eigenvalue weighted by Gasteiger charge is -2.20. The first-order chi connectivity index (χ1) is 7.32. The van der Waals surface area contributed by atoms with Gasteiger partial charge in [0.1, 0.15) is 0 Å². The van der Waals surface area contributed by atoms with E-state index in [-0.39, 0.29) is 11.2 Å². The first kappa shape index (κ1) is 12.5. The fraction of sp³-hybridized carbons (Fsp3) is 0.417. The standard InChI is InChI=1S/C12H15FO3/c1-12(2,3)8-5-4-6-9(11(8)13)16-7-10(14)15/h4-6H,7H2,1-3H3,(H,14,15). The van der Waals surface area contributed by atoms with Crippen LogP contribution in [0.5, 0.6) is 5.75 Å². The van der Waals surface area contributed by atoms with Crippen molar-refractivity contribution in [2.45, 2.75) is 26.2 Å². The fourth-order valence-electron chi connectivity index (χ4n) is 1.34. The maximum atomic E-state index is 13.9. The van der Waals surface area contributed by atoms with E-state index in [9.17, 15) is 9.18 Å². The minimum absolute atomic E-state index is 0.0187. The van der Waals surface area contributed by atoms with Gasteiger partial charge in [0.15, 0.2) is 18.2 Å². The molecule has 16 heavy (non-hydrogen) atoms. The van der Waals surface area contributed by atoms with Gasteiger partial charge in [-0.15, -0.1) is 0 Å². The maximum absolute atomic E-state index is 13.9. The Hall–Kier alpha value is -1.58. The highest BCUT2D eigenvalue weighted by atomic mass is 19.1. The molecule has 0 unspecified atom stereocenters. The molecule has 4 heteroatoms. The molecule has 0 aliphatic heterocycles. The van der Waals surface area contributed by atoms with Gasteiger partial charge in [0, 0.05) is 0 Å². The van der Waals surface area contributed by atoms with Gasteiger partial charge in [-0.05, 0) is 17.0 Å². The summed E-state index contributed by atoms with van der Waals surface area (Å²) in [5.41, 5.74) is 0.169. The van der Waals surface area contributed by atoms with E-state index in [0.717, 1.165) is 0 Å². The molecule has 1 rings (SSSR count). The van der Waals surface area contributed by atoms with E-state index < -0.39 is 18.4 Å². The monoisotopic (exact) mass is 226 g/mol. The highest BCUT2D eigenvalue weighted by Gasteiger charge is 2.21. The summed E-state index contributed by atoms with van der Waals surface area (Å²) >= 11 is 0. The van der Waals surface area contributed by atoms with Gasteiger partial charge in [-0.2, -0.15) is 0 Å². The van der Waals surface area contributed by atoms with Crippen LogP contribution in [-0.2, 0) is 10.2 Å². The molecule has 88 valence electrons. The maximum Gasteiger partial charge on any atom is 0.341 e. The molecule has 0 aliphatic rings. The Morgan fingerprint density at radius 3 is 2.56 bits per heavy atom. The van der Waals surface area contributed by atoms with Crippen LogP contribution in [0.3, 0.4) is 0 Å². The van der Waals surface area contributed by atoms with E-state index in [0.29, 0.717) is 5.56 Å². The normalized spacial score (nSPS) is 11.2. The van der Waals surface area contributed by atoms with E-state index in [4.69, 9.17) is 9.84 Å². The van der Waals surface area contributed by atoms with Gasteiger partial charge in [-0.3, -0.25) is 0 Å². The Morgan fingerprint density at radius 2 is 2.06 bits per heavy atom. The van der Waals surface area contributed by atoms with Crippen molar-refractivity contribution in [2.24, 2.45) is 0 Å². The van der Waals surface area contributed by atoms with Crippen LogP contribution in [0.4, 0.5) is 4.39 Å². The molecule has 0 heterocycles. The summed E-state index contributed by atoms with van der Waals surface area (Å²) in [5, 5.41) is 8.45. The van der Waals surface area contributed by atoms with Crippen molar-refractivity contribution in [1.29, 1.82) is 0 Å². The zero-order chi connectivity index (χ0) is 12.3. The Balaban J connectivity index is 3.00. The van der Waals surface area contributed by atoms with Crippen molar-refractivity contribution in [1.82, 2.24) is 0 Å². The van der Waals surface area contributed by atoms with Crippen LogP contribution in [-0.4, -0.2) is 17.7 Å². The van der Waals surface area contributed by atoms with E-state index in [1.807, 2.05) is 20.8 Å². The number of aliphatic carboxylic acids is 1. The smallest absolute Gasteiger partial charge is 0.341 e. The molecule has 0 fully saturated rings. The molecule has 0 amide bonds. The quantitative estimate of drug-likeness (QED) is 0.861. The number of benzene rings is 1. The Morgan fingerprint density at radius 1 is 1.44 bits per heavy atom. The summed E-state index contributed by atoms with van der Waals surface area (Å²) in [6, 6.07) is 4.75. The number of carboxylic acid groups (broad SMARTS) is 1. The van der Waals surface area contributed by atoms with Crippen molar-refractivity contribution in [2.75, 3.05) is 6.61 Å². The second-order valence-corrected chi connectivity index (χ2v) is 4.55. The summed E-state index contributed by atoms with van der Waals surface area (Å²) in [5.74, 6) is -1.63. The molecule has 1 aromatic carbocycles. The molecular weight excluding hydrogens is 211 g/mol. The lowest BCUT2D eigenvalue weighted by molar-refractivity contribution is -0.139. The van der Waals surface area contributed by atoms with Gasteiger partial charge in [-0.25, -0.2) is 9.18 Å². The average Bonchev–Trinajstić information content (AvgIpc) is 2.14. The zero-order valence-corrected chi connectivity index (χ0v) is 9.58. The Bertz CT molecular complexity index is 394. The van der Waals surface area contributed by atoms with Crippen molar-refractivity contribution >= 4 is 5.97 Å². The lowest BCUT2D eigenvalue weighted by Crippen LogP contribution is -2.16. The van der Waals surface area contributed by atoms with Gasteiger partial charge in [0.25, 0.3) is 0 Å². The molecule has 0 saturated carbocycles. The largest absolute Gasteiger partial charge is 0.479 e. The molecule has 1 aromatic rings. The topological polar surface area (TPSA) is 46.5 Å². The van der Waals surface area contributed by atoms with Crippen LogP contribution in [0.1, 0.15) is 26.3 Å². The predicted molar refractivity (Wildman–Crippen MR) is 58.2 cm³/mol. The molecule has 1 N–H and O–H groups in total. The minimum atomic E-state index is -1.12. The molecular formula is C12H15FO3. The highest BCUT2D eigenvalue weighted by molar-refractivity contribution is 5.68. The minimum Gasteiger partial charge on any atom is -0.479 e. The first-order valence-electron chi connectivity index (χ1n) is 4.96. The van der Waals surface area contributed by atoms with Gasteiger partial charge in [0.05, 0.1) is 0 Å².